The van der Waals surface area contributed by atoms with Gasteiger partial charge in [-0.25, -0.2) is 8.42 Å². The van der Waals surface area contributed by atoms with E-state index in [0.717, 1.165) is 0 Å². The number of ether oxygens (including phenoxy) is 1. The monoisotopic (exact) mass is 273 g/mol. The molecule has 0 saturated heterocycles. The SMILES string of the molecule is CC(C)OCCS(=O)(=O)Nc1ccccc1CO. The van der Waals surface area contributed by atoms with Crippen molar-refractivity contribution in [3.63, 3.8) is 0 Å². The predicted octanol–water partition coefficient (Wildman–Crippen LogP) is 1.35. The Bertz CT molecular complexity index is 471. The lowest BCUT2D eigenvalue weighted by Gasteiger charge is -2.12. The van der Waals surface area contributed by atoms with E-state index in [-0.39, 0.29) is 25.1 Å². The van der Waals surface area contributed by atoms with Crippen LogP contribution in [0.1, 0.15) is 19.4 Å². The van der Waals surface area contributed by atoms with Gasteiger partial charge in [0.15, 0.2) is 0 Å². The van der Waals surface area contributed by atoms with Gasteiger partial charge < -0.3 is 9.84 Å². The summed E-state index contributed by atoms with van der Waals surface area (Å²) in [6, 6.07) is 6.74. The number of aliphatic hydroxyl groups is 1. The smallest absolute Gasteiger partial charge is 0.235 e. The van der Waals surface area contributed by atoms with Crippen molar-refractivity contribution in [1.29, 1.82) is 0 Å². The fraction of sp³-hybridized carbons (Fsp3) is 0.500. The van der Waals surface area contributed by atoms with E-state index in [9.17, 15) is 8.42 Å². The van der Waals surface area contributed by atoms with Gasteiger partial charge in [-0.2, -0.15) is 0 Å². The molecule has 0 aliphatic heterocycles. The summed E-state index contributed by atoms with van der Waals surface area (Å²) in [5.41, 5.74) is 0.954. The standard InChI is InChI=1S/C12H19NO4S/c1-10(2)17-7-8-18(15,16)13-12-6-4-3-5-11(12)9-14/h3-6,10,13-14H,7-9H2,1-2H3. The molecule has 0 aliphatic carbocycles. The van der Waals surface area contributed by atoms with Crippen LogP contribution in [0.5, 0.6) is 0 Å². The lowest BCUT2D eigenvalue weighted by molar-refractivity contribution is 0.0913. The summed E-state index contributed by atoms with van der Waals surface area (Å²) >= 11 is 0. The van der Waals surface area contributed by atoms with Gasteiger partial charge in [0.05, 0.1) is 30.8 Å². The molecule has 0 radical (unpaired) electrons. The van der Waals surface area contributed by atoms with Crippen molar-refractivity contribution >= 4 is 15.7 Å². The first-order valence-corrected chi connectivity index (χ1v) is 7.40. The van der Waals surface area contributed by atoms with Gasteiger partial charge in [0.2, 0.25) is 10.0 Å². The van der Waals surface area contributed by atoms with Crippen molar-refractivity contribution < 1.29 is 18.3 Å². The number of rotatable bonds is 7. The molecule has 1 aromatic carbocycles. The minimum absolute atomic E-state index is 0.00456. The second kappa shape index (κ2) is 6.72. The molecule has 0 atom stereocenters. The first kappa shape index (κ1) is 14.9. The minimum Gasteiger partial charge on any atom is -0.392 e. The Kier molecular flexibility index (Phi) is 5.58. The first-order valence-electron chi connectivity index (χ1n) is 5.75. The molecule has 5 nitrogen and oxygen atoms in total. The van der Waals surface area contributed by atoms with Gasteiger partial charge in [0.1, 0.15) is 0 Å². The van der Waals surface area contributed by atoms with Crippen LogP contribution in [0.3, 0.4) is 0 Å². The zero-order valence-corrected chi connectivity index (χ0v) is 11.4. The molecule has 0 amide bonds. The maximum atomic E-state index is 11.8. The van der Waals surface area contributed by atoms with Gasteiger partial charge in [-0.05, 0) is 19.9 Å². The van der Waals surface area contributed by atoms with E-state index < -0.39 is 10.0 Å². The van der Waals surface area contributed by atoms with E-state index in [1.807, 2.05) is 13.8 Å². The zero-order valence-electron chi connectivity index (χ0n) is 10.6. The van der Waals surface area contributed by atoms with Crippen LogP contribution in [0.4, 0.5) is 5.69 Å². The van der Waals surface area contributed by atoms with Crippen LogP contribution in [-0.4, -0.2) is 32.0 Å². The van der Waals surface area contributed by atoms with Gasteiger partial charge in [-0.3, -0.25) is 4.72 Å². The molecule has 0 heterocycles. The molecule has 0 aromatic heterocycles. The van der Waals surface area contributed by atoms with E-state index in [4.69, 9.17) is 9.84 Å². The van der Waals surface area contributed by atoms with E-state index >= 15 is 0 Å². The fourth-order valence-electron chi connectivity index (χ4n) is 1.37. The quantitative estimate of drug-likeness (QED) is 0.786. The molecule has 0 bridgehead atoms. The molecule has 0 aliphatic rings. The van der Waals surface area contributed by atoms with Crippen LogP contribution >= 0.6 is 0 Å². The summed E-state index contributed by atoms with van der Waals surface area (Å²) in [5, 5.41) is 9.10. The third-order valence-corrected chi connectivity index (χ3v) is 3.49. The number of para-hydroxylation sites is 1. The molecule has 0 unspecified atom stereocenters. The summed E-state index contributed by atoms with van der Waals surface area (Å²) in [4.78, 5) is 0. The Morgan fingerprint density at radius 3 is 2.61 bits per heavy atom. The molecule has 102 valence electrons. The van der Waals surface area contributed by atoms with Crippen molar-refractivity contribution in [3.05, 3.63) is 29.8 Å². The number of hydrogen-bond acceptors (Lipinski definition) is 4. The Hall–Kier alpha value is -1.11. The van der Waals surface area contributed by atoms with Crippen molar-refractivity contribution in [2.24, 2.45) is 0 Å². The molecule has 2 N–H and O–H groups in total. The third kappa shape index (κ3) is 5.03. The summed E-state index contributed by atoms with van der Waals surface area (Å²) in [5.74, 6) is -0.106. The van der Waals surface area contributed by atoms with Gasteiger partial charge >= 0.3 is 0 Å². The number of aliphatic hydroxyl groups excluding tert-OH is 1. The van der Waals surface area contributed by atoms with E-state index in [0.29, 0.717) is 11.3 Å². The van der Waals surface area contributed by atoms with Crippen molar-refractivity contribution in [2.45, 2.75) is 26.6 Å². The summed E-state index contributed by atoms with van der Waals surface area (Å²) in [6.07, 6.45) is 0.00456. The van der Waals surface area contributed by atoms with Gasteiger partial charge in [0, 0.05) is 5.56 Å². The van der Waals surface area contributed by atoms with Crippen LogP contribution in [0.25, 0.3) is 0 Å². The topological polar surface area (TPSA) is 75.6 Å². The second-order valence-electron chi connectivity index (χ2n) is 4.16. The molecule has 1 rings (SSSR count). The first-order chi connectivity index (χ1) is 8.44. The highest BCUT2D eigenvalue weighted by atomic mass is 32.2. The highest BCUT2D eigenvalue weighted by Gasteiger charge is 2.12. The third-order valence-electron chi connectivity index (χ3n) is 2.26. The maximum absolute atomic E-state index is 11.8. The molecule has 0 saturated carbocycles. The molecule has 0 spiro atoms. The van der Waals surface area contributed by atoms with Gasteiger partial charge in [-0.15, -0.1) is 0 Å². The Morgan fingerprint density at radius 2 is 2.00 bits per heavy atom. The lowest BCUT2D eigenvalue weighted by Crippen LogP contribution is -2.22. The largest absolute Gasteiger partial charge is 0.392 e. The van der Waals surface area contributed by atoms with Crippen LogP contribution in [0.2, 0.25) is 0 Å². The Morgan fingerprint density at radius 1 is 1.33 bits per heavy atom. The lowest BCUT2D eigenvalue weighted by atomic mass is 10.2. The van der Waals surface area contributed by atoms with Gasteiger partial charge in [-0.1, -0.05) is 18.2 Å². The van der Waals surface area contributed by atoms with E-state index in [2.05, 4.69) is 4.72 Å². The molecule has 18 heavy (non-hydrogen) atoms. The van der Waals surface area contributed by atoms with Crippen LogP contribution < -0.4 is 4.72 Å². The van der Waals surface area contributed by atoms with Crippen molar-refractivity contribution in [2.75, 3.05) is 17.1 Å². The summed E-state index contributed by atoms with van der Waals surface area (Å²) < 4.78 is 31.2. The normalized spacial score (nSPS) is 11.8. The number of sulfonamides is 1. The number of benzene rings is 1. The Balaban J connectivity index is 2.65. The van der Waals surface area contributed by atoms with Crippen LogP contribution in [0.15, 0.2) is 24.3 Å². The molecular formula is C12H19NO4S. The summed E-state index contributed by atoms with van der Waals surface area (Å²) in [7, 11) is -3.45. The number of anilines is 1. The number of nitrogens with one attached hydrogen (secondary N) is 1. The fourth-order valence-corrected chi connectivity index (χ4v) is 2.32. The molecular weight excluding hydrogens is 254 g/mol. The molecule has 6 heteroatoms. The molecule has 0 fully saturated rings. The highest BCUT2D eigenvalue weighted by Crippen LogP contribution is 2.16. The predicted molar refractivity (Wildman–Crippen MR) is 70.9 cm³/mol. The molecule has 1 aromatic rings. The van der Waals surface area contributed by atoms with Gasteiger partial charge in [0.25, 0.3) is 0 Å². The Labute approximate surface area is 108 Å². The van der Waals surface area contributed by atoms with E-state index in [1.165, 1.54) is 0 Å². The average molecular weight is 273 g/mol. The van der Waals surface area contributed by atoms with Crippen molar-refractivity contribution in [3.8, 4) is 0 Å². The zero-order chi connectivity index (χ0) is 13.6. The van der Waals surface area contributed by atoms with Crippen molar-refractivity contribution in [1.82, 2.24) is 0 Å². The maximum Gasteiger partial charge on any atom is 0.235 e. The highest BCUT2D eigenvalue weighted by molar-refractivity contribution is 7.92. The van der Waals surface area contributed by atoms with E-state index in [1.54, 1.807) is 24.3 Å². The van der Waals surface area contributed by atoms with Crippen LogP contribution in [-0.2, 0) is 21.4 Å². The number of hydrogen-bond donors (Lipinski definition) is 2. The minimum atomic E-state index is -3.45. The average Bonchev–Trinajstić information content (AvgIpc) is 2.28. The second-order valence-corrected chi connectivity index (χ2v) is 6.00. The summed E-state index contributed by atoms with van der Waals surface area (Å²) in [6.45, 7) is 3.64. The van der Waals surface area contributed by atoms with Crippen LogP contribution in [0, 0.1) is 0 Å².